The smallest absolute Gasteiger partial charge is 0.160 e. The molecule has 0 radical (unpaired) electrons. The Labute approximate surface area is 146 Å². The summed E-state index contributed by atoms with van der Waals surface area (Å²) >= 11 is 6.32. The fourth-order valence-electron chi connectivity index (χ4n) is 2.51. The second-order valence-corrected chi connectivity index (χ2v) is 6.41. The van der Waals surface area contributed by atoms with Gasteiger partial charge >= 0.3 is 0 Å². The molecule has 126 valence electrons. The quantitative estimate of drug-likeness (QED) is 0.733. The number of hydrogen-bond donors (Lipinski definition) is 1. The molecule has 3 aromatic rings. The second kappa shape index (κ2) is 7.20. The predicted octanol–water partition coefficient (Wildman–Crippen LogP) is 4.02. The van der Waals surface area contributed by atoms with E-state index in [1.807, 2.05) is 60.8 Å². The molecule has 5 nitrogen and oxygen atoms in total. The summed E-state index contributed by atoms with van der Waals surface area (Å²) in [5, 5.41) is 12.5. The average molecular weight is 345 g/mol. The van der Waals surface area contributed by atoms with E-state index in [-0.39, 0.29) is 12.1 Å². The van der Waals surface area contributed by atoms with Crippen molar-refractivity contribution in [3.8, 4) is 5.75 Å². The van der Waals surface area contributed by atoms with Crippen LogP contribution in [0.25, 0.3) is 5.65 Å². The van der Waals surface area contributed by atoms with Crippen molar-refractivity contribution in [1.29, 1.82) is 0 Å². The van der Waals surface area contributed by atoms with Gasteiger partial charge in [-0.05, 0) is 50.6 Å². The molecule has 0 saturated heterocycles. The standard InChI is InChI=1S/C18H21ClN4O/c1-12(2)24-16-8-7-14(10-15(16)19)13(3)20-11-18-22-21-17-6-4-5-9-23(17)18/h4-10,12-13,20H,11H2,1-3H3. The van der Waals surface area contributed by atoms with Crippen LogP contribution in [-0.4, -0.2) is 20.7 Å². The van der Waals surface area contributed by atoms with Crippen LogP contribution in [0.3, 0.4) is 0 Å². The van der Waals surface area contributed by atoms with Gasteiger partial charge in [0.15, 0.2) is 11.5 Å². The second-order valence-electron chi connectivity index (χ2n) is 6.00. The molecule has 0 aliphatic heterocycles. The SMILES string of the molecule is CC(C)Oc1ccc(C(C)NCc2nnc3ccccn23)cc1Cl. The molecule has 1 aromatic carbocycles. The lowest BCUT2D eigenvalue weighted by molar-refractivity contribution is 0.242. The molecule has 2 heterocycles. The molecular weight excluding hydrogens is 324 g/mol. The van der Waals surface area contributed by atoms with Gasteiger partial charge in [-0.2, -0.15) is 0 Å². The van der Waals surface area contributed by atoms with Crippen molar-refractivity contribution in [2.75, 3.05) is 0 Å². The van der Waals surface area contributed by atoms with E-state index in [0.717, 1.165) is 17.0 Å². The zero-order chi connectivity index (χ0) is 17.1. The van der Waals surface area contributed by atoms with Gasteiger partial charge in [-0.1, -0.05) is 23.7 Å². The van der Waals surface area contributed by atoms with E-state index >= 15 is 0 Å². The van der Waals surface area contributed by atoms with Gasteiger partial charge in [-0.3, -0.25) is 4.40 Å². The Bertz CT molecular complexity index is 831. The molecule has 0 spiro atoms. The van der Waals surface area contributed by atoms with Gasteiger partial charge in [0.1, 0.15) is 5.75 Å². The lowest BCUT2D eigenvalue weighted by Gasteiger charge is -2.16. The topological polar surface area (TPSA) is 51.5 Å². The first-order chi connectivity index (χ1) is 11.5. The molecule has 1 unspecified atom stereocenters. The summed E-state index contributed by atoms with van der Waals surface area (Å²) in [7, 11) is 0. The molecule has 1 atom stereocenters. The highest BCUT2D eigenvalue weighted by Gasteiger charge is 2.11. The summed E-state index contributed by atoms with van der Waals surface area (Å²) in [6.45, 7) is 6.68. The van der Waals surface area contributed by atoms with Gasteiger partial charge in [-0.25, -0.2) is 0 Å². The number of nitrogens with one attached hydrogen (secondary N) is 1. The molecule has 24 heavy (non-hydrogen) atoms. The number of hydrogen-bond acceptors (Lipinski definition) is 4. The third-order valence-electron chi connectivity index (χ3n) is 3.77. The lowest BCUT2D eigenvalue weighted by atomic mass is 10.1. The summed E-state index contributed by atoms with van der Waals surface area (Å²) in [6.07, 6.45) is 2.07. The van der Waals surface area contributed by atoms with Crippen molar-refractivity contribution < 1.29 is 4.74 Å². The minimum atomic E-state index is 0.102. The maximum absolute atomic E-state index is 6.32. The number of pyridine rings is 1. The van der Waals surface area contributed by atoms with Gasteiger partial charge < -0.3 is 10.1 Å². The number of fused-ring (bicyclic) bond motifs is 1. The van der Waals surface area contributed by atoms with Crippen LogP contribution in [0.15, 0.2) is 42.6 Å². The van der Waals surface area contributed by atoms with Crippen molar-refractivity contribution in [1.82, 2.24) is 19.9 Å². The van der Waals surface area contributed by atoms with Crippen molar-refractivity contribution in [3.63, 3.8) is 0 Å². The molecular formula is C18H21ClN4O. The van der Waals surface area contributed by atoms with E-state index in [1.165, 1.54) is 0 Å². The molecule has 0 aliphatic carbocycles. The Morgan fingerprint density at radius 2 is 2.00 bits per heavy atom. The fraction of sp³-hybridized carbons (Fsp3) is 0.333. The summed E-state index contributed by atoms with van der Waals surface area (Å²) in [6, 6.07) is 11.9. The van der Waals surface area contributed by atoms with Crippen LogP contribution in [0, 0.1) is 0 Å². The highest BCUT2D eigenvalue weighted by Crippen LogP contribution is 2.28. The van der Waals surface area contributed by atoms with Crippen LogP contribution in [0.4, 0.5) is 0 Å². The molecule has 0 saturated carbocycles. The Morgan fingerprint density at radius 3 is 2.75 bits per heavy atom. The van der Waals surface area contributed by atoms with Gasteiger partial charge in [0.2, 0.25) is 0 Å². The summed E-state index contributed by atoms with van der Waals surface area (Å²) in [4.78, 5) is 0. The predicted molar refractivity (Wildman–Crippen MR) is 95.5 cm³/mol. The van der Waals surface area contributed by atoms with Crippen LogP contribution < -0.4 is 10.1 Å². The number of aromatic nitrogens is 3. The Kier molecular flexibility index (Phi) is 5.02. The van der Waals surface area contributed by atoms with Crippen molar-refractivity contribution in [3.05, 3.63) is 59.0 Å². The monoisotopic (exact) mass is 344 g/mol. The zero-order valence-electron chi connectivity index (χ0n) is 14.0. The van der Waals surface area contributed by atoms with E-state index < -0.39 is 0 Å². The van der Waals surface area contributed by atoms with E-state index in [4.69, 9.17) is 16.3 Å². The minimum Gasteiger partial charge on any atom is -0.489 e. The van der Waals surface area contributed by atoms with Gasteiger partial charge in [-0.15, -0.1) is 10.2 Å². The van der Waals surface area contributed by atoms with E-state index in [1.54, 1.807) is 0 Å². The summed E-state index contributed by atoms with van der Waals surface area (Å²) in [5.74, 6) is 1.59. The fourth-order valence-corrected chi connectivity index (χ4v) is 2.74. The van der Waals surface area contributed by atoms with Crippen molar-refractivity contribution >= 4 is 17.2 Å². The average Bonchev–Trinajstić information content (AvgIpc) is 2.97. The van der Waals surface area contributed by atoms with Gasteiger partial charge in [0.25, 0.3) is 0 Å². The number of nitrogens with zero attached hydrogens (tertiary/aromatic N) is 3. The Morgan fingerprint density at radius 1 is 1.17 bits per heavy atom. The van der Waals surface area contributed by atoms with Crippen molar-refractivity contribution in [2.24, 2.45) is 0 Å². The number of ether oxygens (including phenoxy) is 1. The molecule has 0 aliphatic rings. The third-order valence-corrected chi connectivity index (χ3v) is 4.06. The third kappa shape index (κ3) is 3.68. The van der Waals surface area contributed by atoms with Crippen LogP contribution in [0.1, 0.15) is 38.2 Å². The Balaban J connectivity index is 1.68. The highest BCUT2D eigenvalue weighted by atomic mass is 35.5. The molecule has 3 rings (SSSR count). The van der Waals surface area contributed by atoms with Crippen LogP contribution in [0.5, 0.6) is 5.75 Å². The van der Waals surface area contributed by atoms with E-state index in [9.17, 15) is 0 Å². The first-order valence-corrected chi connectivity index (χ1v) is 8.40. The van der Waals surface area contributed by atoms with E-state index in [2.05, 4.69) is 22.4 Å². The maximum Gasteiger partial charge on any atom is 0.160 e. The van der Waals surface area contributed by atoms with Crippen LogP contribution in [0.2, 0.25) is 5.02 Å². The summed E-state index contributed by atoms with van der Waals surface area (Å²) < 4.78 is 7.65. The van der Waals surface area contributed by atoms with Crippen molar-refractivity contribution in [2.45, 2.75) is 39.5 Å². The molecule has 0 fully saturated rings. The first-order valence-electron chi connectivity index (χ1n) is 8.02. The minimum absolute atomic E-state index is 0.102. The summed E-state index contributed by atoms with van der Waals surface area (Å²) in [5.41, 5.74) is 1.95. The van der Waals surface area contributed by atoms with Gasteiger partial charge in [0.05, 0.1) is 17.7 Å². The number of benzene rings is 1. The number of rotatable bonds is 6. The molecule has 6 heteroatoms. The molecule has 1 N–H and O–H groups in total. The lowest BCUT2D eigenvalue weighted by Crippen LogP contribution is -2.19. The zero-order valence-corrected chi connectivity index (χ0v) is 14.8. The Hall–Kier alpha value is -2.11. The molecule has 0 bridgehead atoms. The first kappa shape index (κ1) is 16.7. The van der Waals surface area contributed by atoms with Gasteiger partial charge in [0, 0.05) is 12.2 Å². The maximum atomic E-state index is 6.32. The van der Waals surface area contributed by atoms with Crippen LogP contribution >= 0.6 is 11.6 Å². The normalized spacial score (nSPS) is 12.7. The highest BCUT2D eigenvalue weighted by molar-refractivity contribution is 6.32. The van der Waals surface area contributed by atoms with Crippen LogP contribution in [-0.2, 0) is 6.54 Å². The molecule has 2 aromatic heterocycles. The number of halogens is 1. The van der Waals surface area contributed by atoms with E-state index in [0.29, 0.717) is 17.3 Å². The molecule has 0 amide bonds. The largest absolute Gasteiger partial charge is 0.489 e.